The lowest BCUT2D eigenvalue weighted by molar-refractivity contribution is 0.0915. The molecule has 1 aromatic rings. The highest BCUT2D eigenvalue weighted by atomic mass is 16.5. The first-order valence-electron chi connectivity index (χ1n) is 3.57. The smallest absolute Gasteiger partial charge is 0.273 e. The van der Waals surface area contributed by atoms with Crippen LogP contribution in [0.15, 0.2) is 16.9 Å². The monoisotopic (exact) mass is 170 g/mol. The molecule has 0 aromatic carbocycles. The molecule has 5 nitrogen and oxygen atoms in total. The minimum Gasteiger partial charge on any atom is -0.392 e. The van der Waals surface area contributed by atoms with Gasteiger partial charge in [-0.1, -0.05) is 5.16 Å². The normalized spacial score (nSPS) is 12.5. The van der Waals surface area contributed by atoms with E-state index in [0.717, 1.165) is 0 Å². The number of carbonyl (C=O) groups is 1. The van der Waals surface area contributed by atoms with Crippen LogP contribution in [0.3, 0.4) is 0 Å². The van der Waals surface area contributed by atoms with E-state index in [0.29, 0.717) is 0 Å². The van der Waals surface area contributed by atoms with Crippen molar-refractivity contribution in [3.8, 4) is 0 Å². The molecule has 12 heavy (non-hydrogen) atoms. The molecule has 0 fully saturated rings. The van der Waals surface area contributed by atoms with Gasteiger partial charge < -0.3 is 14.9 Å². The largest absolute Gasteiger partial charge is 0.392 e. The molecule has 2 N–H and O–H groups in total. The SMILES string of the molecule is CC(O)CNC(=O)c1ccon1. The van der Waals surface area contributed by atoms with Gasteiger partial charge >= 0.3 is 0 Å². The maximum atomic E-state index is 11.1. The van der Waals surface area contributed by atoms with Crippen LogP contribution in [0.25, 0.3) is 0 Å². The Morgan fingerprint density at radius 1 is 1.92 bits per heavy atom. The van der Waals surface area contributed by atoms with E-state index in [1.165, 1.54) is 12.3 Å². The second-order valence-corrected chi connectivity index (χ2v) is 2.44. The quantitative estimate of drug-likeness (QED) is 0.657. The fraction of sp³-hybridized carbons (Fsp3) is 0.429. The number of aliphatic hydroxyl groups excluding tert-OH is 1. The molecule has 1 amide bonds. The summed E-state index contributed by atoms with van der Waals surface area (Å²) >= 11 is 0. The fourth-order valence-electron chi connectivity index (χ4n) is 0.661. The molecule has 0 aliphatic carbocycles. The summed E-state index contributed by atoms with van der Waals surface area (Å²) in [5.41, 5.74) is 0.218. The van der Waals surface area contributed by atoms with Gasteiger partial charge in [-0.15, -0.1) is 0 Å². The summed E-state index contributed by atoms with van der Waals surface area (Å²) < 4.78 is 4.47. The average molecular weight is 170 g/mol. The summed E-state index contributed by atoms with van der Waals surface area (Å²) in [6.07, 6.45) is 0.762. The second kappa shape index (κ2) is 3.87. The lowest BCUT2D eigenvalue weighted by Gasteiger charge is -2.03. The lowest BCUT2D eigenvalue weighted by atomic mass is 10.3. The summed E-state index contributed by atoms with van der Waals surface area (Å²) in [7, 11) is 0. The molecule has 0 radical (unpaired) electrons. The first kappa shape index (κ1) is 8.73. The third-order valence-corrected chi connectivity index (χ3v) is 1.23. The van der Waals surface area contributed by atoms with Crippen molar-refractivity contribution in [1.82, 2.24) is 10.5 Å². The van der Waals surface area contributed by atoms with E-state index in [1.54, 1.807) is 6.92 Å². The molecule has 0 bridgehead atoms. The molecular formula is C7H10N2O3. The molecular weight excluding hydrogens is 160 g/mol. The van der Waals surface area contributed by atoms with Crippen LogP contribution in [0.1, 0.15) is 17.4 Å². The molecule has 1 unspecified atom stereocenters. The van der Waals surface area contributed by atoms with Gasteiger partial charge in [0.1, 0.15) is 6.26 Å². The number of nitrogens with zero attached hydrogens (tertiary/aromatic N) is 1. The van der Waals surface area contributed by atoms with Gasteiger partial charge in [0, 0.05) is 12.6 Å². The van der Waals surface area contributed by atoms with Gasteiger partial charge in [0.2, 0.25) is 0 Å². The third-order valence-electron chi connectivity index (χ3n) is 1.23. The number of aromatic nitrogens is 1. The van der Waals surface area contributed by atoms with Crippen molar-refractivity contribution in [2.45, 2.75) is 13.0 Å². The van der Waals surface area contributed by atoms with E-state index in [4.69, 9.17) is 5.11 Å². The summed E-state index contributed by atoms with van der Waals surface area (Å²) in [6.45, 7) is 1.80. The van der Waals surface area contributed by atoms with Gasteiger partial charge in [0.25, 0.3) is 5.91 Å². The summed E-state index contributed by atoms with van der Waals surface area (Å²) in [5, 5.41) is 14.7. The number of rotatable bonds is 3. The Labute approximate surface area is 69.4 Å². The van der Waals surface area contributed by atoms with Gasteiger partial charge in [0.15, 0.2) is 5.69 Å². The molecule has 0 aliphatic heterocycles. The number of hydrogen-bond acceptors (Lipinski definition) is 4. The molecule has 0 saturated carbocycles. The van der Waals surface area contributed by atoms with Crippen molar-refractivity contribution in [3.05, 3.63) is 18.0 Å². The van der Waals surface area contributed by atoms with Crippen LogP contribution in [-0.4, -0.2) is 28.8 Å². The van der Waals surface area contributed by atoms with Crippen LogP contribution in [0.4, 0.5) is 0 Å². The van der Waals surface area contributed by atoms with Crippen LogP contribution >= 0.6 is 0 Å². The number of hydrogen-bond donors (Lipinski definition) is 2. The number of carbonyl (C=O) groups excluding carboxylic acids is 1. The van der Waals surface area contributed by atoms with E-state index in [9.17, 15) is 4.79 Å². The number of nitrogens with one attached hydrogen (secondary N) is 1. The van der Waals surface area contributed by atoms with Crippen molar-refractivity contribution in [1.29, 1.82) is 0 Å². The molecule has 1 rings (SSSR count). The van der Waals surface area contributed by atoms with Gasteiger partial charge in [-0.2, -0.15) is 0 Å². The van der Waals surface area contributed by atoms with Crippen molar-refractivity contribution < 1.29 is 14.4 Å². The van der Waals surface area contributed by atoms with Gasteiger partial charge in [-0.05, 0) is 6.92 Å². The fourth-order valence-corrected chi connectivity index (χ4v) is 0.661. The molecule has 1 heterocycles. The average Bonchev–Trinajstić information content (AvgIpc) is 2.51. The Balaban J connectivity index is 2.40. The Hall–Kier alpha value is -1.36. The molecule has 1 atom stereocenters. The van der Waals surface area contributed by atoms with Crippen molar-refractivity contribution >= 4 is 5.91 Å². The van der Waals surface area contributed by atoms with Crippen molar-refractivity contribution in [3.63, 3.8) is 0 Å². The molecule has 0 spiro atoms. The van der Waals surface area contributed by atoms with E-state index < -0.39 is 6.10 Å². The van der Waals surface area contributed by atoms with Gasteiger partial charge in [-0.25, -0.2) is 0 Å². The summed E-state index contributed by atoms with van der Waals surface area (Å²) in [5.74, 6) is -0.343. The van der Waals surface area contributed by atoms with E-state index >= 15 is 0 Å². The Morgan fingerprint density at radius 3 is 3.17 bits per heavy atom. The molecule has 0 saturated heterocycles. The van der Waals surface area contributed by atoms with Gasteiger partial charge in [0.05, 0.1) is 6.10 Å². The predicted octanol–water partition coefficient (Wildman–Crippen LogP) is -0.215. The number of aliphatic hydroxyl groups is 1. The summed E-state index contributed by atoms with van der Waals surface area (Å²) in [6, 6.07) is 1.46. The predicted molar refractivity (Wildman–Crippen MR) is 40.5 cm³/mol. The Kier molecular flexibility index (Phi) is 2.82. The van der Waals surface area contributed by atoms with Crippen LogP contribution < -0.4 is 5.32 Å². The first-order chi connectivity index (χ1) is 5.70. The van der Waals surface area contributed by atoms with Gasteiger partial charge in [-0.3, -0.25) is 4.79 Å². The van der Waals surface area contributed by atoms with Crippen molar-refractivity contribution in [2.24, 2.45) is 0 Å². The van der Waals surface area contributed by atoms with E-state index in [2.05, 4.69) is 15.0 Å². The third kappa shape index (κ3) is 2.35. The second-order valence-electron chi connectivity index (χ2n) is 2.44. The molecule has 0 aliphatic rings. The lowest BCUT2D eigenvalue weighted by Crippen LogP contribution is -2.30. The Bertz CT molecular complexity index is 243. The zero-order chi connectivity index (χ0) is 8.97. The first-order valence-corrected chi connectivity index (χ1v) is 3.57. The highest BCUT2D eigenvalue weighted by Gasteiger charge is 2.08. The number of amides is 1. The standard InChI is InChI=1S/C7H10N2O3/c1-5(10)4-8-7(11)6-2-3-12-9-6/h2-3,5,10H,4H2,1H3,(H,8,11). The molecule has 1 aromatic heterocycles. The zero-order valence-corrected chi connectivity index (χ0v) is 6.65. The minimum absolute atomic E-state index is 0.214. The summed E-state index contributed by atoms with van der Waals surface area (Å²) in [4.78, 5) is 11.1. The van der Waals surface area contributed by atoms with Crippen LogP contribution in [0, 0.1) is 0 Å². The van der Waals surface area contributed by atoms with Crippen LogP contribution in [0.5, 0.6) is 0 Å². The van der Waals surface area contributed by atoms with Crippen molar-refractivity contribution in [2.75, 3.05) is 6.54 Å². The Morgan fingerprint density at radius 2 is 2.67 bits per heavy atom. The molecule has 5 heteroatoms. The topological polar surface area (TPSA) is 75.4 Å². The van der Waals surface area contributed by atoms with E-state index in [1.807, 2.05) is 0 Å². The highest BCUT2D eigenvalue weighted by molar-refractivity contribution is 5.91. The van der Waals surface area contributed by atoms with Crippen LogP contribution in [0.2, 0.25) is 0 Å². The highest BCUT2D eigenvalue weighted by Crippen LogP contribution is 1.93. The zero-order valence-electron chi connectivity index (χ0n) is 6.65. The molecule has 66 valence electrons. The van der Waals surface area contributed by atoms with Crippen LogP contribution in [-0.2, 0) is 0 Å². The maximum absolute atomic E-state index is 11.1. The maximum Gasteiger partial charge on any atom is 0.273 e. The van der Waals surface area contributed by atoms with E-state index in [-0.39, 0.29) is 18.1 Å². The minimum atomic E-state index is -0.555.